The van der Waals surface area contributed by atoms with Gasteiger partial charge >= 0.3 is 5.97 Å². The highest BCUT2D eigenvalue weighted by atomic mass is 16.4. The average Bonchev–Trinajstić information content (AvgIpc) is 2.88. The Labute approximate surface area is 100 Å². The summed E-state index contributed by atoms with van der Waals surface area (Å²) in [7, 11) is 0. The second kappa shape index (κ2) is 4.49. The SMILES string of the molecule is NC1(C(=O)O)CCN(C(=O)CC2C=CCC2)C1. The van der Waals surface area contributed by atoms with Gasteiger partial charge < -0.3 is 15.7 Å². The summed E-state index contributed by atoms with van der Waals surface area (Å²) in [4.78, 5) is 24.5. The highest BCUT2D eigenvalue weighted by Crippen LogP contribution is 2.24. The summed E-state index contributed by atoms with van der Waals surface area (Å²) in [5, 5.41) is 8.98. The molecule has 5 heteroatoms. The first-order chi connectivity index (χ1) is 8.01. The molecule has 0 aromatic rings. The smallest absolute Gasteiger partial charge is 0.325 e. The minimum atomic E-state index is -1.25. The third kappa shape index (κ3) is 2.49. The lowest BCUT2D eigenvalue weighted by Crippen LogP contribution is -2.50. The van der Waals surface area contributed by atoms with E-state index in [0.717, 1.165) is 12.8 Å². The van der Waals surface area contributed by atoms with Gasteiger partial charge in [-0.25, -0.2) is 0 Å². The lowest BCUT2D eigenvalue weighted by atomic mass is 10.0. The molecule has 3 N–H and O–H groups in total. The van der Waals surface area contributed by atoms with Crippen LogP contribution in [0, 0.1) is 5.92 Å². The van der Waals surface area contributed by atoms with Gasteiger partial charge in [0.25, 0.3) is 0 Å². The maximum atomic E-state index is 12.0. The minimum absolute atomic E-state index is 0.0233. The van der Waals surface area contributed by atoms with Crippen LogP contribution in [0.1, 0.15) is 25.7 Å². The molecule has 2 unspecified atom stereocenters. The lowest BCUT2D eigenvalue weighted by Gasteiger charge is -2.21. The molecule has 0 aromatic carbocycles. The molecule has 1 aliphatic heterocycles. The second-order valence-corrected chi connectivity index (χ2v) is 5.00. The van der Waals surface area contributed by atoms with Gasteiger partial charge in [0, 0.05) is 19.5 Å². The van der Waals surface area contributed by atoms with Gasteiger partial charge in [0.1, 0.15) is 5.54 Å². The molecule has 17 heavy (non-hydrogen) atoms. The fourth-order valence-corrected chi connectivity index (χ4v) is 2.44. The van der Waals surface area contributed by atoms with Gasteiger partial charge in [-0.05, 0) is 25.2 Å². The maximum Gasteiger partial charge on any atom is 0.325 e. The summed E-state index contributed by atoms with van der Waals surface area (Å²) in [6, 6.07) is 0. The van der Waals surface area contributed by atoms with Crippen LogP contribution in [0.15, 0.2) is 12.2 Å². The zero-order valence-electron chi connectivity index (χ0n) is 9.76. The van der Waals surface area contributed by atoms with E-state index < -0.39 is 11.5 Å². The molecule has 5 nitrogen and oxygen atoms in total. The standard InChI is InChI=1S/C12H18N2O3/c13-12(11(16)17)5-6-14(8-12)10(15)7-9-3-1-2-4-9/h1,3,9H,2,4-8,13H2,(H,16,17). The molecule has 0 spiro atoms. The van der Waals surface area contributed by atoms with E-state index in [9.17, 15) is 9.59 Å². The average molecular weight is 238 g/mol. The molecule has 0 bridgehead atoms. The Balaban J connectivity index is 1.89. The number of carbonyl (C=O) groups excluding carboxylic acids is 1. The molecule has 94 valence electrons. The van der Waals surface area contributed by atoms with E-state index in [1.807, 2.05) is 0 Å². The van der Waals surface area contributed by atoms with Gasteiger partial charge in [-0.2, -0.15) is 0 Å². The van der Waals surface area contributed by atoms with E-state index in [0.29, 0.717) is 25.3 Å². The number of carboxylic acid groups (broad SMARTS) is 1. The Morgan fingerprint density at radius 2 is 2.29 bits per heavy atom. The molecule has 1 heterocycles. The van der Waals surface area contributed by atoms with Crippen LogP contribution in [0.4, 0.5) is 0 Å². The maximum absolute atomic E-state index is 12.0. The number of aliphatic carboxylic acids is 1. The summed E-state index contributed by atoms with van der Waals surface area (Å²) in [6.45, 7) is 0.593. The monoisotopic (exact) mass is 238 g/mol. The molecule has 0 radical (unpaired) electrons. The lowest BCUT2D eigenvalue weighted by molar-refractivity contribution is -0.143. The van der Waals surface area contributed by atoms with E-state index in [-0.39, 0.29) is 12.5 Å². The van der Waals surface area contributed by atoms with Crippen molar-refractivity contribution >= 4 is 11.9 Å². The number of amides is 1. The third-order valence-electron chi connectivity index (χ3n) is 3.63. The van der Waals surface area contributed by atoms with Crippen molar-refractivity contribution in [2.45, 2.75) is 31.2 Å². The van der Waals surface area contributed by atoms with Crippen molar-refractivity contribution in [1.29, 1.82) is 0 Å². The minimum Gasteiger partial charge on any atom is -0.480 e. The molecule has 1 saturated heterocycles. The Morgan fingerprint density at radius 3 is 2.82 bits per heavy atom. The third-order valence-corrected chi connectivity index (χ3v) is 3.63. The van der Waals surface area contributed by atoms with Crippen LogP contribution in [0.2, 0.25) is 0 Å². The fraction of sp³-hybridized carbons (Fsp3) is 0.667. The number of nitrogens with zero attached hydrogens (tertiary/aromatic N) is 1. The van der Waals surface area contributed by atoms with Crippen LogP contribution < -0.4 is 5.73 Å². The Kier molecular flexibility index (Phi) is 3.19. The van der Waals surface area contributed by atoms with E-state index in [1.165, 1.54) is 0 Å². The molecular formula is C12H18N2O3. The molecule has 1 fully saturated rings. The summed E-state index contributed by atoms with van der Waals surface area (Å²) in [6.07, 6.45) is 7.04. The molecule has 2 rings (SSSR count). The number of allylic oxidation sites excluding steroid dienone is 2. The number of hydrogen-bond donors (Lipinski definition) is 2. The van der Waals surface area contributed by atoms with E-state index in [2.05, 4.69) is 12.2 Å². The van der Waals surface area contributed by atoms with Crippen LogP contribution in [-0.4, -0.2) is 40.5 Å². The van der Waals surface area contributed by atoms with Gasteiger partial charge in [-0.3, -0.25) is 9.59 Å². The van der Waals surface area contributed by atoms with Gasteiger partial charge in [-0.1, -0.05) is 12.2 Å². The number of carboxylic acids is 1. The molecule has 0 aromatic heterocycles. The summed E-state index contributed by atoms with van der Waals surface area (Å²) in [5.41, 5.74) is 4.48. The van der Waals surface area contributed by atoms with Crippen LogP contribution in [0.3, 0.4) is 0 Å². The topological polar surface area (TPSA) is 83.6 Å². The quantitative estimate of drug-likeness (QED) is 0.695. The van der Waals surface area contributed by atoms with Gasteiger partial charge in [0.2, 0.25) is 5.91 Å². The highest BCUT2D eigenvalue weighted by Gasteiger charge is 2.42. The van der Waals surface area contributed by atoms with Crippen LogP contribution >= 0.6 is 0 Å². The molecule has 1 amide bonds. The van der Waals surface area contributed by atoms with E-state index in [1.54, 1.807) is 4.90 Å². The Bertz CT molecular complexity index is 367. The van der Waals surface area contributed by atoms with Crippen LogP contribution in [0.5, 0.6) is 0 Å². The number of hydrogen-bond acceptors (Lipinski definition) is 3. The summed E-state index contributed by atoms with van der Waals surface area (Å²) >= 11 is 0. The number of rotatable bonds is 3. The van der Waals surface area contributed by atoms with Gasteiger partial charge in [0.15, 0.2) is 0 Å². The number of likely N-dealkylation sites (tertiary alicyclic amines) is 1. The van der Waals surface area contributed by atoms with Crippen molar-refractivity contribution in [3.63, 3.8) is 0 Å². The molecule has 2 aliphatic rings. The first kappa shape index (κ1) is 12.1. The molecule has 2 atom stereocenters. The zero-order valence-corrected chi connectivity index (χ0v) is 9.76. The number of carbonyl (C=O) groups is 2. The first-order valence-corrected chi connectivity index (χ1v) is 5.98. The predicted molar refractivity (Wildman–Crippen MR) is 62.2 cm³/mol. The molecule has 0 saturated carbocycles. The van der Waals surface area contributed by atoms with Crippen molar-refractivity contribution in [3.05, 3.63) is 12.2 Å². The van der Waals surface area contributed by atoms with Crippen LogP contribution in [0.25, 0.3) is 0 Å². The highest BCUT2D eigenvalue weighted by molar-refractivity contribution is 5.83. The molecular weight excluding hydrogens is 220 g/mol. The van der Waals surface area contributed by atoms with E-state index in [4.69, 9.17) is 10.8 Å². The zero-order chi connectivity index (χ0) is 12.5. The summed E-state index contributed by atoms with van der Waals surface area (Å²) < 4.78 is 0. The van der Waals surface area contributed by atoms with Crippen molar-refractivity contribution in [3.8, 4) is 0 Å². The second-order valence-electron chi connectivity index (χ2n) is 5.00. The summed E-state index contributed by atoms with van der Waals surface area (Å²) in [5.74, 6) is -0.677. The normalized spacial score (nSPS) is 32.1. The number of nitrogens with two attached hydrogens (primary N) is 1. The van der Waals surface area contributed by atoms with Crippen molar-refractivity contribution in [1.82, 2.24) is 4.90 Å². The predicted octanol–water partition coefficient (Wildman–Crippen LogP) is 0.357. The Hall–Kier alpha value is -1.36. The molecule has 1 aliphatic carbocycles. The van der Waals surface area contributed by atoms with Crippen molar-refractivity contribution in [2.75, 3.05) is 13.1 Å². The van der Waals surface area contributed by atoms with Gasteiger partial charge in [-0.15, -0.1) is 0 Å². The largest absolute Gasteiger partial charge is 0.480 e. The van der Waals surface area contributed by atoms with E-state index >= 15 is 0 Å². The van der Waals surface area contributed by atoms with Crippen molar-refractivity contribution < 1.29 is 14.7 Å². The van der Waals surface area contributed by atoms with Gasteiger partial charge in [0.05, 0.1) is 0 Å². The van der Waals surface area contributed by atoms with Crippen molar-refractivity contribution in [2.24, 2.45) is 11.7 Å². The fourth-order valence-electron chi connectivity index (χ4n) is 2.44. The van der Waals surface area contributed by atoms with Crippen LogP contribution in [-0.2, 0) is 9.59 Å². The Morgan fingerprint density at radius 1 is 1.53 bits per heavy atom. The first-order valence-electron chi connectivity index (χ1n) is 5.98.